The van der Waals surface area contributed by atoms with E-state index in [4.69, 9.17) is 25.8 Å². The first kappa shape index (κ1) is 20.1. The Kier molecular flexibility index (Phi) is 6.10. The largest absolute Gasteiger partial charge is 0.493 e. The Hall–Kier alpha value is -3.18. The number of methoxy groups -OCH3 is 1. The molecular weight excluding hydrogens is 402 g/mol. The summed E-state index contributed by atoms with van der Waals surface area (Å²) in [6, 6.07) is 20.8. The van der Waals surface area contributed by atoms with Crippen molar-refractivity contribution in [3.63, 3.8) is 0 Å². The number of ether oxygens (including phenoxy) is 3. The van der Waals surface area contributed by atoms with Gasteiger partial charge in [0.15, 0.2) is 11.5 Å². The lowest BCUT2D eigenvalue weighted by Crippen LogP contribution is -2.31. The Morgan fingerprint density at radius 1 is 1.00 bits per heavy atom. The molecule has 0 aromatic heterocycles. The number of benzene rings is 3. The fourth-order valence-electron chi connectivity index (χ4n) is 3.37. The van der Waals surface area contributed by atoms with Crippen molar-refractivity contribution >= 4 is 17.5 Å². The fraction of sp³-hybridized carbons (Fsp3) is 0.208. The topological polar surface area (TPSA) is 48.0 Å². The predicted octanol–water partition coefficient (Wildman–Crippen LogP) is 4.96. The summed E-state index contributed by atoms with van der Waals surface area (Å²) in [6.07, 6.45) is 0. The zero-order valence-electron chi connectivity index (χ0n) is 16.6. The lowest BCUT2D eigenvalue weighted by atomic mass is 10.1. The molecule has 0 N–H and O–H groups in total. The van der Waals surface area contributed by atoms with Gasteiger partial charge >= 0.3 is 0 Å². The molecule has 0 atom stereocenters. The fourth-order valence-corrected chi connectivity index (χ4v) is 3.54. The Balaban J connectivity index is 1.49. The minimum absolute atomic E-state index is 0.103. The van der Waals surface area contributed by atoms with Gasteiger partial charge in [-0.2, -0.15) is 0 Å². The maximum absolute atomic E-state index is 13.0. The lowest BCUT2D eigenvalue weighted by Gasteiger charge is -2.21. The van der Waals surface area contributed by atoms with E-state index in [1.807, 2.05) is 48.5 Å². The first-order valence-corrected chi connectivity index (χ1v) is 10.1. The molecule has 1 aliphatic heterocycles. The van der Waals surface area contributed by atoms with E-state index in [0.29, 0.717) is 54.1 Å². The van der Waals surface area contributed by atoms with Crippen molar-refractivity contribution in [2.45, 2.75) is 13.2 Å². The molecule has 0 bridgehead atoms. The molecule has 6 heteroatoms. The van der Waals surface area contributed by atoms with Crippen LogP contribution in [0.25, 0.3) is 0 Å². The van der Waals surface area contributed by atoms with Crippen LogP contribution in [0.5, 0.6) is 17.2 Å². The third-order valence-electron chi connectivity index (χ3n) is 4.92. The van der Waals surface area contributed by atoms with Crippen LogP contribution in [0.2, 0.25) is 5.02 Å². The van der Waals surface area contributed by atoms with Gasteiger partial charge in [-0.1, -0.05) is 48.0 Å². The van der Waals surface area contributed by atoms with Crippen molar-refractivity contribution < 1.29 is 19.0 Å². The van der Waals surface area contributed by atoms with Crippen LogP contribution < -0.4 is 14.2 Å². The summed E-state index contributed by atoms with van der Waals surface area (Å²) in [5.74, 6) is 1.75. The summed E-state index contributed by atoms with van der Waals surface area (Å²) in [7, 11) is 1.61. The molecule has 3 aromatic carbocycles. The Bertz CT molecular complexity index is 1040. The van der Waals surface area contributed by atoms with Gasteiger partial charge < -0.3 is 19.1 Å². The second kappa shape index (κ2) is 9.09. The number of carbonyl (C=O) groups is 1. The number of nitrogens with zero attached hydrogens (tertiary/aromatic N) is 1. The monoisotopic (exact) mass is 423 g/mol. The highest BCUT2D eigenvalue weighted by molar-refractivity contribution is 6.31. The number of rotatable bonds is 6. The van der Waals surface area contributed by atoms with Crippen LogP contribution in [0.1, 0.15) is 21.5 Å². The minimum Gasteiger partial charge on any atom is -0.493 e. The van der Waals surface area contributed by atoms with Crippen LogP contribution in [0.15, 0.2) is 66.7 Å². The van der Waals surface area contributed by atoms with Crippen LogP contribution >= 0.6 is 11.6 Å². The average molecular weight is 424 g/mol. The number of amides is 1. The second-order valence-corrected chi connectivity index (χ2v) is 7.41. The lowest BCUT2D eigenvalue weighted by molar-refractivity contribution is 0.0743. The molecule has 0 radical (unpaired) electrons. The van der Waals surface area contributed by atoms with Gasteiger partial charge in [-0.25, -0.2) is 0 Å². The van der Waals surface area contributed by atoms with E-state index >= 15 is 0 Å². The van der Waals surface area contributed by atoms with Crippen LogP contribution in [-0.4, -0.2) is 31.1 Å². The molecule has 0 unspecified atom stereocenters. The van der Waals surface area contributed by atoms with Crippen LogP contribution in [0.4, 0.5) is 0 Å². The highest BCUT2D eigenvalue weighted by Crippen LogP contribution is 2.31. The van der Waals surface area contributed by atoms with Crippen LogP contribution in [-0.2, 0) is 13.2 Å². The zero-order valence-corrected chi connectivity index (χ0v) is 17.4. The number of hydrogen-bond donors (Lipinski definition) is 0. The van der Waals surface area contributed by atoms with Crippen molar-refractivity contribution in [2.75, 3.05) is 20.3 Å². The normalized spacial score (nSPS) is 13.3. The molecule has 0 saturated carbocycles. The van der Waals surface area contributed by atoms with E-state index < -0.39 is 0 Å². The number of fused-ring (bicyclic) bond motifs is 1. The van der Waals surface area contributed by atoms with E-state index in [1.54, 1.807) is 30.2 Å². The molecule has 0 spiro atoms. The van der Waals surface area contributed by atoms with Gasteiger partial charge in [-0.05, 0) is 41.5 Å². The van der Waals surface area contributed by atoms with E-state index in [1.165, 1.54) is 0 Å². The third-order valence-corrected chi connectivity index (χ3v) is 5.15. The molecule has 3 aromatic rings. The van der Waals surface area contributed by atoms with Gasteiger partial charge in [-0.3, -0.25) is 4.79 Å². The van der Waals surface area contributed by atoms with Crippen LogP contribution in [0.3, 0.4) is 0 Å². The minimum atomic E-state index is -0.103. The molecule has 1 amide bonds. The number of carbonyl (C=O) groups excluding carboxylic acids is 1. The molecule has 0 fully saturated rings. The summed E-state index contributed by atoms with van der Waals surface area (Å²) < 4.78 is 17.2. The van der Waals surface area contributed by atoms with Crippen molar-refractivity contribution in [1.82, 2.24) is 4.90 Å². The molecule has 4 rings (SSSR count). The van der Waals surface area contributed by atoms with Gasteiger partial charge in [0.25, 0.3) is 5.91 Å². The highest BCUT2D eigenvalue weighted by atomic mass is 35.5. The molecule has 0 aliphatic carbocycles. The van der Waals surface area contributed by atoms with Crippen molar-refractivity contribution in [1.29, 1.82) is 0 Å². The Morgan fingerprint density at radius 2 is 1.83 bits per heavy atom. The van der Waals surface area contributed by atoms with Crippen molar-refractivity contribution in [3.8, 4) is 17.2 Å². The Morgan fingerprint density at radius 3 is 2.63 bits per heavy atom. The summed E-state index contributed by atoms with van der Waals surface area (Å²) in [6.45, 7) is 1.80. The van der Waals surface area contributed by atoms with Gasteiger partial charge in [0.05, 0.1) is 19.2 Å². The summed E-state index contributed by atoms with van der Waals surface area (Å²) in [5.41, 5.74) is 2.50. The zero-order chi connectivity index (χ0) is 20.9. The number of hydrogen-bond acceptors (Lipinski definition) is 4. The van der Waals surface area contributed by atoms with Gasteiger partial charge in [0.1, 0.15) is 19.0 Å². The van der Waals surface area contributed by atoms with Gasteiger partial charge in [0.2, 0.25) is 0 Å². The average Bonchev–Trinajstić information content (AvgIpc) is 2.92. The van der Waals surface area contributed by atoms with Crippen molar-refractivity contribution in [2.24, 2.45) is 0 Å². The molecule has 0 saturated heterocycles. The van der Waals surface area contributed by atoms with Crippen molar-refractivity contribution in [3.05, 3.63) is 88.4 Å². The van der Waals surface area contributed by atoms with E-state index in [0.717, 1.165) is 11.1 Å². The first-order valence-electron chi connectivity index (χ1n) is 9.69. The van der Waals surface area contributed by atoms with Gasteiger partial charge in [-0.15, -0.1) is 0 Å². The second-order valence-electron chi connectivity index (χ2n) is 6.98. The third kappa shape index (κ3) is 4.52. The van der Waals surface area contributed by atoms with E-state index in [-0.39, 0.29) is 5.91 Å². The molecule has 154 valence electrons. The maximum Gasteiger partial charge on any atom is 0.258 e. The molecule has 30 heavy (non-hydrogen) atoms. The number of halogens is 1. The highest BCUT2D eigenvalue weighted by Gasteiger charge is 2.24. The summed E-state index contributed by atoms with van der Waals surface area (Å²) >= 11 is 6.08. The standard InChI is InChI=1S/C24H22ClNO4/c1-28-23-13-18(7-9-22(23)30-16-17-5-3-2-4-6-17)15-26-11-12-29-21-10-8-19(25)14-20(21)24(26)27/h2-10,13-14H,11-12,15-16H2,1H3. The van der Waals surface area contributed by atoms with Gasteiger partial charge in [0, 0.05) is 11.6 Å². The molecule has 1 aliphatic rings. The van der Waals surface area contributed by atoms with E-state index in [9.17, 15) is 4.79 Å². The Labute approximate surface area is 180 Å². The SMILES string of the molecule is COc1cc(CN2CCOc3ccc(Cl)cc3C2=O)ccc1OCc1ccccc1. The molecular formula is C24H22ClNO4. The smallest absolute Gasteiger partial charge is 0.258 e. The maximum atomic E-state index is 13.0. The first-order chi connectivity index (χ1) is 14.6. The van der Waals surface area contributed by atoms with Crippen LogP contribution in [0, 0.1) is 0 Å². The quantitative estimate of drug-likeness (QED) is 0.562. The predicted molar refractivity (Wildman–Crippen MR) is 115 cm³/mol. The molecule has 1 heterocycles. The molecule has 5 nitrogen and oxygen atoms in total. The summed E-state index contributed by atoms with van der Waals surface area (Å²) in [4.78, 5) is 14.8. The summed E-state index contributed by atoms with van der Waals surface area (Å²) in [5, 5.41) is 0.508. The van der Waals surface area contributed by atoms with E-state index in [2.05, 4.69) is 0 Å².